The Balaban J connectivity index is 1.61. The maximum Gasteiger partial charge on any atom is 0.273 e. The number of anilines is 1. The fourth-order valence-electron chi connectivity index (χ4n) is 3.44. The predicted molar refractivity (Wildman–Crippen MR) is 145 cm³/mol. The average molecular weight is 565 g/mol. The van der Waals surface area contributed by atoms with E-state index >= 15 is 0 Å². The molecular formula is C23H21ClN4O5S3. The minimum Gasteiger partial charge on any atom is -0.493 e. The number of rotatable bonds is 8. The highest BCUT2D eigenvalue weighted by Crippen LogP contribution is 2.40. The van der Waals surface area contributed by atoms with Gasteiger partial charge < -0.3 is 19.5 Å². The van der Waals surface area contributed by atoms with Crippen LogP contribution < -0.4 is 25.1 Å². The normalized spacial score (nSPS) is 10.9. The highest BCUT2D eigenvalue weighted by Gasteiger charge is 2.18. The number of nitrogens with zero attached hydrogens (tertiary/aromatic N) is 3. The molecule has 9 nitrogen and oxygen atoms in total. The minimum absolute atomic E-state index is 0.00820. The molecule has 0 atom stereocenters. The molecule has 0 saturated carbocycles. The molecule has 2 aromatic carbocycles. The first-order valence-corrected chi connectivity index (χ1v) is 13.0. The lowest BCUT2D eigenvalue weighted by molar-refractivity contribution is -0.113. The number of methoxy groups -OCH3 is 3. The number of benzene rings is 2. The second-order valence-electron chi connectivity index (χ2n) is 7.34. The van der Waals surface area contributed by atoms with Crippen LogP contribution in [-0.4, -0.2) is 47.1 Å². The van der Waals surface area contributed by atoms with Crippen molar-refractivity contribution in [1.29, 1.82) is 0 Å². The van der Waals surface area contributed by atoms with Crippen molar-refractivity contribution in [2.45, 2.75) is 5.16 Å². The van der Waals surface area contributed by atoms with E-state index in [4.69, 9.17) is 38.0 Å². The number of halogens is 1. The second kappa shape index (κ2) is 10.9. The Morgan fingerprint density at radius 1 is 1.14 bits per heavy atom. The molecule has 188 valence electrons. The molecular weight excluding hydrogens is 544 g/mol. The molecule has 0 aliphatic carbocycles. The molecule has 4 aromatic rings. The lowest BCUT2D eigenvalue weighted by atomic mass is 10.2. The zero-order valence-corrected chi connectivity index (χ0v) is 22.9. The molecule has 2 aromatic heterocycles. The van der Waals surface area contributed by atoms with Gasteiger partial charge in [0.2, 0.25) is 11.7 Å². The summed E-state index contributed by atoms with van der Waals surface area (Å²) in [5, 5.41) is 3.77. The standard InChI is InChI=1S/C23H21ClN4O5S3/c1-27-21(30)19-20(28(23(34)36-19)14-7-5-12(24)6-8-14)26-22(27)35-11-17(29)25-13-9-15(31-2)18(33-4)16(10-13)32-3/h5-10H,11H2,1-4H3,(H,25,29). The molecule has 2 heterocycles. The Morgan fingerprint density at radius 2 is 1.78 bits per heavy atom. The van der Waals surface area contributed by atoms with Gasteiger partial charge in [-0.05, 0) is 36.5 Å². The van der Waals surface area contributed by atoms with E-state index in [9.17, 15) is 9.59 Å². The van der Waals surface area contributed by atoms with E-state index in [2.05, 4.69) is 10.3 Å². The van der Waals surface area contributed by atoms with Crippen LogP contribution in [0, 0.1) is 3.95 Å². The van der Waals surface area contributed by atoms with E-state index in [0.29, 0.717) is 47.4 Å². The Morgan fingerprint density at radius 3 is 2.36 bits per heavy atom. The topological polar surface area (TPSA) is 96.6 Å². The largest absolute Gasteiger partial charge is 0.493 e. The first kappa shape index (κ1) is 26.0. The SMILES string of the molecule is COc1cc(NC(=O)CSc2nc3c(sc(=S)n3-c3ccc(Cl)cc3)c(=O)n2C)cc(OC)c1OC. The number of hydrogen-bond acceptors (Lipinski definition) is 9. The van der Waals surface area contributed by atoms with Crippen molar-refractivity contribution in [3.8, 4) is 22.9 Å². The zero-order valence-electron chi connectivity index (χ0n) is 19.7. The summed E-state index contributed by atoms with van der Waals surface area (Å²) in [7, 11) is 6.11. The van der Waals surface area contributed by atoms with E-state index < -0.39 is 0 Å². The summed E-state index contributed by atoms with van der Waals surface area (Å²) in [5.41, 5.74) is 1.41. The molecule has 0 fully saturated rings. The van der Waals surface area contributed by atoms with Gasteiger partial charge in [0.15, 0.2) is 26.3 Å². The molecule has 36 heavy (non-hydrogen) atoms. The van der Waals surface area contributed by atoms with Crippen molar-refractivity contribution in [3.63, 3.8) is 0 Å². The van der Waals surface area contributed by atoms with Gasteiger partial charge in [-0.3, -0.25) is 18.7 Å². The van der Waals surface area contributed by atoms with Crippen molar-refractivity contribution in [2.75, 3.05) is 32.4 Å². The summed E-state index contributed by atoms with van der Waals surface area (Å²) in [4.78, 5) is 30.4. The van der Waals surface area contributed by atoms with Crippen LogP contribution in [0.1, 0.15) is 0 Å². The van der Waals surface area contributed by atoms with Gasteiger partial charge in [-0.25, -0.2) is 4.98 Å². The monoisotopic (exact) mass is 564 g/mol. The molecule has 0 spiro atoms. The fraction of sp³-hybridized carbons (Fsp3) is 0.217. The fourth-order valence-corrected chi connectivity index (χ4v) is 5.68. The maximum atomic E-state index is 13.0. The summed E-state index contributed by atoms with van der Waals surface area (Å²) < 4.78 is 20.0. The molecule has 0 aliphatic rings. The third-order valence-electron chi connectivity index (χ3n) is 5.14. The number of ether oxygens (including phenoxy) is 3. The van der Waals surface area contributed by atoms with Crippen LogP contribution in [0.5, 0.6) is 17.2 Å². The van der Waals surface area contributed by atoms with Crippen LogP contribution in [0.2, 0.25) is 5.02 Å². The molecule has 0 radical (unpaired) electrons. The van der Waals surface area contributed by atoms with Crippen LogP contribution in [0.4, 0.5) is 5.69 Å². The van der Waals surface area contributed by atoms with Gasteiger partial charge in [0.1, 0.15) is 4.70 Å². The van der Waals surface area contributed by atoms with Gasteiger partial charge in [-0.2, -0.15) is 0 Å². The van der Waals surface area contributed by atoms with Crippen molar-refractivity contribution in [2.24, 2.45) is 7.05 Å². The Bertz CT molecular complexity index is 1540. The highest BCUT2D eigenvalue weighted by atomic mass is 35.5. The van der Waals surface area contributed by atoms with Crippen LogP contribution in [-0.2, 0) is 11.8 Å². The lowest BCUT2D eigenvalue weighted by Gasteiger charge is -2.14. The highest BCUT2D eigenvalue weighted by molar-refractivity contribution is 7.99. The number of thioether (sulfide) groups is 1. The van der Waals surface area contributed by atoms with Crippen molar-refractivity contribution >= 4 is 68.9 Å². The first-order valence-electron chi connectivity index (χ1n) is 10.4. The van der Waals surface area contributed by atoms with Gasteiger partial charge in [0.25, 0.3) is 5.56 Å². The number of thiazole rings is 1. The number of hydrogen-bond donors (Lipinski definition) is 1. The second-order valence-corrected chi connectivity index (χ2v) is 10.4. The van der Waals surface area contributed by atoms with Crippen LogP contribution in [0.15, 0.2) is 46.3 Å². The molecule has 1 amide bonds. The summed E-state index contributed by atoms with van der Waals surface area (Å²) in [6.45, 7) is 0. The van der Waals surface area contributed by atoms with Gasteiger partial charge in [-0.15, -0.1) is 0 Å². The molecule has 1 N–H and O–H groups in total. The minimum atomic E-state index is -0.302. The van der Waals surface area contributed by atoms with Crippen molar-refractivity contribution in [1.82, 2.24) is 14.1 Å². The Labute approximate surface area is 224 Å². The molecule has 13 heteroatoms. The van der Waals surface area contributed by atoms with E-state index in [-0.39, 0.29) is 17.2 Å². The number of fused-ring (bicyclic) bond motifs is 1. The van der Waals surface area contributed by atoms with E-state index in [1.807, 2.05) is 0 Å². The van der Waals surface area contributed by atoms with E-state index in [1.54, 1.807) is 48.0 Å². The Hall–Kier alpha value is -3.06. The number of carbonyl (C=O) groups is 1. The van der Waals surface area contributed by atoms with Crippen LogP contribution in [0.25, 0.3) is 16.0 Å². The number of aromatic nitrogens is 3. The van der Waals surface area contributed by atoms with Gasteiger partial charge in [0, 0.05) is 35.6 Å². The van der Waals surface area contributed by atoms with Crippen LogP contribution >= 0.6 is 46.9 Å². The zero-order chi connectivity index (χ0) is 26.0. The van der Waals surface area contributed by atoms with Gasteiger partial charge in [0.05, 0.1) is 27.1 Å². The number of nitrogens with one attached hydrogen (secondary N) is 1. The molecule has 0 bridgehead atoms. The molecule has 0 unspecified atom stereocenters. The summed E-state index contributed by atoms with van der Waals surface area (Å²) in [5.74, 6) is 0.958. The van der Waals surface area contributed by atoms with Gasteiger partial charge in [-0.1, -0.05) is 34.7 Å². The third kappa shape index (κ3) is 5.07. The van der Waals surface area contributed by atoms with E-state index in [1.165, 1.54) is 37.2 Å². The Kier molecular flexibility index (Phi) is 7.88. The smallest absolute Gasteiger partial charge is 0.273 e. The quantitative estimate of drug-likeness (QED) is 0.183. The maximum absolute atomic E-state index is 13.0. The first-order chi connectivity index (χ1) is 17.3. The summed E-state index contributed by atoms with van der Waals surface area (Å²) in [6.07, 6.45) is 0. The number of carbonyl (C=O) groups excluding carboxylic acids is 1. The lowest BCUT2D eigenvalue weighted by Crippen LogP contribution is -2.21. The van der Waals surface area contributed by atoms with Crippen molar-refractivity contribution < 1.29 is 19.0 Å². The third-order valence-corrected chi connectivity index (χ3v) is 7.77. The van der Waals surface area contributed by atoms with Crippen molar-refractivity contribution in [3.05, 3.63) is 55.7 Å². The summed E-state index contributed by atoms with van der Waals surface area (Å²) >= 11 is 13.9. The molecule has 0 saturated heterocycles. The number of amides is 1. The predicted octanol–water partition coefficient (Wildman–Crippen LogP) is 4.93. The van der Waals surface area contributed by atoms with Crippen LogP contribution in [0.3, 0.4) is 0 Å². The van der Waals surface area contributed by atoms with E-state index in [0.717, 1.165) is 17.4 Å². The summed E-state index contributed by atoms with van der Waals surface area (Å²) in [6, 6.07) is 10.4. The molecule has 0 aliphatic heterocycles. The van der Waals surface area contributed by atoms with Gasteiger partial charge >= 0.3 is 0 Å². The average Bonchev–Trinajstić information content (AvgIpc) is 3.20. The molecule has 4 rings (SSSR count).